The minimum absolute atomic E-state index is 0.0146. The summed E-state index contributed by atoms with van der Waals surface area (Å²) < 4.78 is 17.2. The van der Waals surface area contributed by atoms with Crippen LogP contribution < -0.4 is 10.1 Å². The van der Waals surface area contributed by atoms with E-state index < -0.39 is 0 Å². The van der Waals surface area contributed by atoms with Crippen molar-refractivity contribution in [2.45, 2.75) is 19.3 Å². The molecule has 0 bridgehead atoms. The van der Waals surface area contributed by atoms with Crippen LogP contribution >= 0.6 is 36.1 Å². The Morgan fingerprint density at radius 2 is 2.10 bits per heavy atom. The normalized spacial score (nSPS) is 13.0. The van der Waals surface area contributed by atoms with E-state index in [-0.39, 0.29) is 33.9 Å². The van der Waals surface area contributed by atoms with Gasteiger partial charge in [0.15, 0.2) is 5.78 Å². The number of unbranched alkanes of at least 4 members (excludes halogenated alkanes) is 1. The van der Waals surface area contributed by atoms with Gasteiger partial charge in [0, 0.05) is 30.0 Å². The maximum atomic E-state index is 12.5. The minimum atomic E-state index is -0.332. The lowest BCUT2D eigenvalue weighted by atomic mass is 10.1. The van der Waals surface area contributed by atoms with Crippen LogP contribution in [-0.2, 0) is 20.2 Å². The van der Waals surface area contributed by atoms with Gasteiger partial charge < -0.3 is 14.8 Å². The molecule has 1 heterocycles. The monoisotopic (exact) mass is 483 g/mol. The van der Waals surface area contributed by atoms with E-state index in [1.165, 1.54) is 11.8 Å². The molecule has 0 aromatic heterocycles. The fourth-order valence-corrected chi connectivity index (χ4v) is 3.72. The Morgan fingerprint density at radius 1 is 1.29 bits per heavy atom. The van der Waals surface area contributed by atoms with Crippen LogP contribution in [0.4, 0.5) is 11.4 Å². The van der Waals surface area contributed by atoms with Gasteiger partial charge in [0.05, 0.1) is 23.1 Å². The standard InChI is InChI=1S/C21H20Cl2N2O5S/c1-28-12-18(26)20-17(7-5-15(22)21(20)23)25(30-31)8-2-3-9-29-14-4-6-16-13(10-14)11-19(27)24-16/h4-8,10H,2-3,9,11-12H2,1H3,(H-,24,27,31)/p+1. The van der Waals surface area contributed by atoms with E-state index in [1.54, 1.807) is 18.3 Å². The number of methoxy groups -OCH3 is 1. The first-order chi connectivity index (χ1) is 14.9. The highest BCUT2D eigenvalue weighted by Crippen LogP contribution is 2.34. The van der Waals surface area contributed by atoms with Gasteiger partial charge in [-0.3, -0.25) is 9.59 Å². The van der Waals surface area contributed by atoms with Crippen molar-refractivity contribution in [3.8, 4) is 5.75 Å². The summed E-state index contributed by atoms with van der Waals surface area (Å²) >= 11 is 16.2. The summed E-state index contributed by atoms with van der Waals surface area (Å²) in [7, 11) is 1.42. The Balaban J connectivity index is 1.64. The van der Waals surface area contributed by atoms with Gasteiger partial charge in [0.25, 0.3) is 5.69 Å². The van der Waals surface area contributed by atoms with Gasteiger partial charge in [-0.1, -0.05) is 23.2 Å². The number of ketones is 1. The summed E-state index contributed by atoms with van der Waals surface area (Å²) in [6.07, 6.45) is 3.33. The van der Waals surface area contributed by atoms with Gasteiger partial charge in [-0.25, -0.2) is 0 Å². The first-order valence-corrected chi connectivity index (χ1v) is 10.6. The quantitative estimate of drug-likeness (QED) is 0.0976. The van der Waals surface area contributed by atoms with Gasteiger partial charge in [-0.05, 0) is 36.2 Å². The molecule has 10 heteroatoms. The lowest BCUT2D eigenvalue weighted by Crippen LogP contribution is -2.14. The fraction of sp³-hybridized carbons (Fsp3) is 0.286. The lowest BCUT2D eigenvalue weighted by Gasteiger charge is -2.08. The Hall–Kier alpha value is -2.26. The molecule has 1 aliphatic heterocycles. The molecule has 1 N–H and O–H groups in total. The van der Waals surface area contributed by atoms with Gasteiger partial charge in [-0.15, -0.1) is 0 Å². The molecule has 0 radical (unpaired) electrons. The van der Waals surface area contributed by atoms with Crippen LogP contribution in [0.25, 0.3) is 0 Å². The number of amides is 1. The van der Waals surface area contributed by atoms with Gasteiger partial charge >= 0.3 is 0 Å². The maximum Gasteiger partial charge on any atom is 0.271 e. The van der Waals surface area contributed by atoms with Crippen molar-refractivity contribution in [1.82, 2.24) is 0 Å². The first kappa shape index (κ1) is 23.4. The summed E-state index contributed by atoms with van der Waals surface area (Å²) in [5.41, 5.74) is 2.35. The smallest absolute Gasteiger partial charge is 0.271 e. The van der Waals surface area contributed by atoms with E-state index in [2.05, 4.69) is 18.2 Å². The Bertz CT molecular complexity index is 1030. The first-order valence-electron chi connectivity index (χ1n) is 9.44. The number of carbonyl (C=O) groups excluding carboxylic acids is 2. The van der Waals surface area contributed by atoms with Crippen molar-refractivity contribution in [2.75, 3.05) is 25.6 Å². The summed E-state index contributed by atoms with van der Waals surface area (Å²) in [4.78, 5) is 23.9. The van der Waals surface area contributed by atoms with Crippen molar-refractivity contribution in [1.29, 1.82) is 0 Å². The molecule has 164 valence electrons. The van der Waals surface area contributed by atoms with Gasteiger partial charge in [0.2, 0.25) is 12.1 Å². The van der Waals surface area contributed by atoms with Crippen LogP contribution in [0, 0.1) is 0 Å². The van der Waals surface area contributed by atoms with Gasteiger partial charge in [-0.2, -0.15) is 4.28 Å². The number of thiol groups is 1. The van der Waals surface area contributed by atoms with Crippen molar-refractivity contribution >= 4 is 65.4 Å². The maximum absolute atomic E-state index is 12.5. The average Bonchev–Trinajstić information content (AvgIpc) is 3.12. The molecule has 0 unspecified atom stereocenters. The third-order valence-electron chi connectivity index (χ3n) is 4.57. The molecule has 1 aliphatic rings. The molecular weight excluding hydrogens is 463 g/mol. The van der Waals surface area contributed by atoms with Crippen LogP contribution in [-0.4, -0.2) is 43.0 Å². The van der Waals surface area contributed by atoms with E-state index in [0.717, 1.165) is 11.3 Å². The van der Waals surface area contributed by atoms with Crippen LogP contribution in [0.2, 0.25) is 10.0 Å². The second-order valence-electron chi connectivity index (χ2n) is 6.74. The second-order valence-corrected chi connectivity index (χ2v) is 7.68. The third-order valence-corrected chi connectivity index (χ3v) is 5.55. The molecule has 0 atom stereocenters. The average molecular weight is 484 g/mol. The molecule has 3 rings (SSSR count). The number of ether oxygens (including phenoxy) is 2. The zero-order valence-electron chi connectivity index (χ0n) is 16.7. The largest absolute Gasteiger partial charge is 0.494 e. The van der Waals surface area contributed by atoms with Crippen molar-refractivity contribution in [3.63, 3.8) is 0 Å². The number of nitrogens with zero attached hydrogens (tertiary/aromatic N) is 1. The number of fused-ring (bicyclic) bond motifs is 1. The predicted octanol–water partition coefficient (Wildman–Crippen LogP) is 4.67. The molecule has 1 amide bonds. The van der Waals surface area contributed by atoms with Crippen LogP contribution in [0.5, 0.6) is 5.75 Å². The Labute approximate surface area is 195 Å². The second kappa shape index (κ2) is 10.9. The van der Waals surface area contributed by atoms with Crippen LogP contribution in [0.3, 0.4) is 0 Å². The number of hydrogen-bond acceptors (Lipinski definition) is 6. The molecule has 0 saturated carbocycles. The molecular formula is C21H21Cl2N2O5S+. The van der Waals surface area contributed by atoms with Crippen LogP contribution in [0.1, 0.15) is 28.8 Å². The molecule has 0 fully saturated rings. The van der Waals surface area contributed by atoms with Crippen molar-refractivity contribution in [3.05, 3.63) is 51.5 Å². The molecule has 31 heavy (non-hydrogen) atoms. The highest BCUT2D eigenvalue weighted by molar-refractivity contribution is 7.74. The highest BCUT2D eigenvalue weighted by atomic mass is 35.5. The lowest BCUT2D eigenvalue weighted by molar-refractivity contribution is -0.672. The van der Waals surface area contributed by atoms with E-state index in [4.69, 9.17) is 37.0 Å². The van der Waals surface area contributed by atoms with E-state index in [9.17, 15) is 9.59 Å². The van der Waals surface area contributed by atoms with Crippen molar-refractivity contribution in [2.24, 2.45) is 0 Å². The Kier molecular flexibility index (Phi) is 8.20. The summed E-state index contributed by atoms with van der Waals surface area (Å²) in [5, 5.41) is 3.16. The van der Waals surface area contributed by atoms with E-state index in [0.29, 0.717) is 37.3 Å². The molecule has 0 spiro atoms. The zero-order chi connectivity index (χ0) is 22.4. The highest BCUT2D eigenvalue weighted by Gasteiger charge is 2.27. The minimum Gasteiger partial charge on any atom is -0.494 e. The molecule has 7 nitrogen and oxygen atoms in total. The molecule has 0 saturated heterocycles. The number of nitrogens with one attached hydrogen (secondary N) is 1. The number of Topliss-reactive ketones (excluding diaryl/α,β-unsaturated/α-hetero) is 1. The van der Waals surface area contributed by atoms with E-state index in [1.807, 2.05) is 18.2 Å². The summed E-state index contributed by atoms with van der Waals surface area (Å²) in [5.74, 6) is 0.357. The van der Waals surface area contributed by atoms with Gasteiger partial charge in [0.1, 0.15) is 30.8 Å². The number of benzene rings is 2. The number of hydrogen-bond donors (Lipinski definition) is 2. The topological polar surface area (TPSA) is 76.9 Å². The van der Waals surface area contributed by atoms with E-state index >= 15 is 0 Å². The Morgan fingerprint density at radius 3 is 2.84 bits per heavy atom. The SMILES string of the molecule is COCC(=O)c1c([N+](=CCCCOc2ccc3c(c2)CC(=O)N3)OS)ccc(Cl)c1Cl. The molecule has 2 aromatic rings. The fourth-order valence-electron chi connectivity index (χ4n) is 3.15. The molecule has 2 aromatic carbocycles. The summed E-state index contributed by atoms with van der Waals surface area (Å²) in [6, 6.07) is 8.72. The predicted molar refractivity (Wildman–Crippen MR) is 122 cm³/mol. The van der Waals surface area contributed by atoms with Crippen LogP contribution in [0.15, 0.2) is 30.3 Å². The van der Waals surface area contributed by atoms with Crippen molar-refractivity contribution < 1.29 is 28.1 Å². The zero-order valence-corrected chi connectivity index (χ0v) is 19.1. The third kappa shape index (κ3) is 5.71. The number of anilines is 1. The molecule has 0 aliphatic carbocycles. The number of carbonyl (C=O) groups is 2. The number of rotatable bonds is 10. The summed E-state index contributed by atoms with van der Waals surface area (Å²) in [6.45, 7) is 0.303. The number of halogens is 2.